The van der Waals surface area contributed by atoms with Gasteiger partial charge in [0.25, 0.3) is 0 Å². The van der Waals surface area contributed by atoms with Crippen molar-refractivity contribution in [3.05, 3.63) is 35.4 Å². The fourth-order valence-electron chi connectivity index (χ4n) is 4.31. The lowest BCUT2D eigenvalue weighted by molar-refractivity contribution is -0.146. The van der Waals surface area contributed by atoms with Crippen molar-refractivity contribution in [2.75, 3.05) is 39.8 Å². The summed E-state index contributed by atoms with van der Waals surface area (Å²) in [5.74, 6) is 0.960. The Morgan fingerprint density at radius 3 is 2.70 bits per heavy atom. The third-order valence-electron chi connectivity index (χ3n) is 6.04. The van der Waals surface area contributed by atoms with Gasteiger partial charge in [-0.2, -0.15) is 0 Å². The minimum atomic E-state index is -0.158. The summed E-state index contributed by atoms with van der Waals surface area (Å²) >= 11 is 0. The molecule has 2 aliphatic rings. The maximum absolute atomic E-state index is 12.6. The Morgan fingerprint density at radius 1 is 1.20 bits per heavy atom. The molecule has 7 nitrogen and oxygen atoms in total. The van der Waals surface area contributed by atoms with E-state index in [0.29, 0.717) is 26.1 Å². The molecule has 0 bridgehead atoms. The van der Waals surface area contributed by atoms with E-state index in [0.717, 1.165) is 38.4 Å². The molecule has 1 aromatic rings. The molecule has 2 aliphatic heterocycles. The van der Waals surface area contributed by atoms with Gasteiger partial charge < -0.3 is 19.9 Å². The van der Waals surface area contributed by atoms with E-state index >= 15 is 0 Å². The Morgan fingerprint density at radius 2 is 1.97 bits per heavy atom. The molecule has 1 amide bonds. The minimum absolute atomic E-state index is 0.123. The molecule has 164 valence electrons. The molecule has 2 atom stereocenters. The number of likely N-dealkylation sites (tertiary alicyclic amines) is 1. The SMILES string of the molecule is CCNC(=NCCCC(=O)N1CCc2ccccc2C1)N1CC(C)C(C(=O)OC)C1. The van der Waals surface area contributed by atoms with Crippen molar-refractivity contribution in [1.82, 2.24) is 15.1 Å². The Labute approximate surface area is 179 Å². The number of hydrogen-bond donors (Lipinski definition) is 1. The van der Waals surface area contributed by atoms with Gasteiger partial charge in [0.1, 0.15) is 0 Å². The maximum Gasteiger partial charge on any atom is 0.310 e. The third-order valence-corrected chi connectivity index (χ3v) is 6.04. The van der Waals surface area contributed by atoms with Crippen LogP contribution in [0, 0.1) is 11.8 Å². The quantitative estimate of drug-likeness (QED) is 0.334. The molecule has 1 fully saturated rings. The van der Waals surface area contributed by atoms with Crippen molar-refractivity contribution in [3.63, 3.8) is 0 Å². The number of nitrogens with zero attached hydrogens (tertiary/aromatic N) is 3. The van der Waals surface area contributed by atoms with Crippen LogP contribution in [-0.2, 0) is 27.3 Å². The lowest BCUT2D eigenvalue weighted by atomic mass is 9.99. The van der Waals surface area contributed by atoms with Crippen molar-refractivity contribution >= 4 is 17.8 Å². The number of hydrogen-bond acceptors (Lipinski definition) is 4. The first-order valence-corrected chi connectivity index (χ1v) is 11.0. The smallest absolute Gasteiger partial charge is 0.310 e. The summed E-state index contributed by atoms with van der Waals surface area (Å²) in [5.41, 5.74) is 2.61. The zero-order chi connectivity index (χ0) is 21.5. The van der Waals surface area contributed by atoms with Crippen LogP contribution in [0.4, 0.5) is 0 Å². The number of carbonyl (C=O) groups is 2. The van der Waals surface area contributed by atoms with Crippen LogP contribution in [0.5, 0.6) is 0 Å². The number of esters is 1. The molecular formula is C23H34N4O3. The lowest BCUT2D eigenvalue weighted by Gasteiger charge is -2.29. The second-order valence-electron chi connectivity index (χ2n) is 8.19. The normalized spacial score (nSPS) is 21.4. The zero-order valence-electron chi connectivity index (χ0n) is 18.4. The van der Waals surface area contributed by atoms with Crippen LogP contribution < -0.4 is 5.32 Å². The lowest BCUT2D eigenvalue weighted by Crippen LogP contribution is -2.40. The van der Waals surface area contributed by atoms with Crippen LogP contribution >= 0.6 is 0 Å². The number of guanidine groups is 1. The van der Waals surface area contributed by atoms with Crippen molar-refractivity contribution in [1.29, 1.82) is 0 Å². The highest BCUT2D eigenvalue weighted by Gasteiger charge is 2.36. The van der Waals surface area contributed by atoms with E-state index in [9.17, 15) is 9.59 Å². The van der Waals surface area contributed by atoms with Crippen LogP contribution in [0.1, 0.15) is 37.8 Å². The molecule has 0 radical (unpaired) electrons. The summed E-state index contributed by atoms with van der Waals surface area (Å²) in [6, 6.07) is 8.36. The van der Waals surface area contributed by atoms with Crippen molar-refractivity contribution in [3.8, 4) is 0 Å². The first-order valence-electron chi connectivity index (χ1n) is 11.0. The van der Waals surface area contributed by atoms with Gasteiger partial charge in [0.05, 0.1) is 13.0 Å². The fraction of sp³-hybridized carbons (Fsp3) is 0.609. The predicted molar refractivity (Wildman–Crippen MR) is 117 cm³/mol. The maximum atomic E-state index is 12.6. The summed E-state index contributed by atoms with van der Waals surface area (Å²) in [6.45, 7) is 8.35. The molecule has 0 aromatic heterocycles. The van der Waals surface area contributed by atoms with E-state index in [4.69, 9.17) is 9.73 Å². The first-order chi connectivity index (χ1) is 14.5. The largest absolute Gasteiger partial charge is 0.469 e. The van der Waals surface area contributed by atoms with Gasteiger partial charge in [-0.15, -0.1) is 0 Å². The van der Waals surface area contributed by atoms with E-state index < -0.39 is 0 Å². The van der Waals surface area contributed by atoms with Crippen molar-refractivity contribution in [2.24, 2.45) is 16.8 Å². The summed E-state index contributed by atoms with van der Waals surface area (Å²) < 4.78 is 4.93. The predicted octanol–water partition coefficient (Wildman–Crippen LogP) is 2.06. The number of amides is 1. The second-order valence-corrected chi connectivity index (χ2v) is 8.19. The number of rotatable bonds is 6. The number of benzene rings is 1. The molecule has 1 aromatic carbocycles. The molecule has 0 saturated carbocycles. The number of aliphatic imine (C=N–C) groups is 1. The molecule has 3 rings (SSSR count). The average Bonchev–Trinajstić information content (AvgIpc) is 3.16. The molecule has 0 aliphatic carbocycles. The van der Waals surface area contributed by atoms with E-state index in [1.54, 1.807) is 0 Å². The molecule has 0 spiro atoms. The summed E-state index contributed by atoms with van der Waals surface area (Å²) in [6.07, 6.45) is 2.15. The topological polar surface area (TPSA) is 74.2 Å². The first kappa shape index (κ1) is 22.1. The molecular weight excluding hydrogens is 380 g/mol. The zero-order valence-corrected chi connectivity index (χ0v) is 18.4. The van der Waals surface area contributed by atoms with Gasteiger partial charge in [0.2, 0.25) is 5.91 Å². The van der Waals surface area contributed by atoms with Crippen LogP contribution in [-0.4, -0.2) is 67.5 Å². The Balaban J connectivity index is 1.49. The Kier molecular flexibility index (Phi) is 7.71. The third kappa shape index (κ3) is 5.32. The van der Waals surface area contributed by atoms with E-state index in [1.807, 2.05) is 17.9 Å². The van der Waals surface area contributed by atoms with Gasteiger partial charge in [0.15, 0.2) is 5.96 Å². The van der Waals surface area contributed by atoms with Crippen molar-refractivity contribution in [2.45, 2.75) is 39.7 Å². The van der Waals surface area contributed by atoms with Crippen LogP contribution in [0.3, 0.4) is 0 Å². The van der Waals surface area contributed by atoms with Gasteiger partial charge in [-0.1, -0.05) is 31.2 Å². The van der Waals surface area contributed by atoms with E-state index in [-0.39, 0.29) is 23.7 Å². The number of ether oxygens (including phenoxy) is 1. The van der Waals surface area contributed by atoms with Gasteiger partial charge in [-0.3, -0.25) is 14.6 Å². The monoisotopic (exact) mass is 414 g/mol. The van der Waals surface area contributed by atoms with Crippen LogP contribution in [0.15, 0.2) is 29.3 Å². The summed E-state index contributed by atoms with van der Waals surface area (Å²) in [4.78, 5) is 33.4. The average molecular weight is 415 g/mol. The highest BCUT2D eigenvalue weighted by atomic mass is 16.5. The Bertz CT molecular complexity index is 779. The molecule has 2 heterocycles. The number of carbonyl (C=O) groups excluding carboxylic acids is 2. The highest BCUT2D eigenvalue weighted by Crippen LogP contribution is 2.24. The van der Waals surface area contributed by atoms with Gasteiger partial charge in [0, 0.05) is 45.7 Å². The second kappa shape index (κ2) is 10.5. The number of methoxy groups -OCH3 is 1. The highest BCUT2D eigenvalue weighted by molar-refractivity contribution is 5.82. The standard InChI is InChI=1S/C23H34N4O3/c1-4-24-23(27-14-17(2)20(16-27)22(29)30-3)25-12-7-10-21(28)26-13-11-18-8-5-6-9-19(18)15-26/h5-6,8-9,17,20H,4,7,10-16H2,1-3H3,(H,24,25). The molecule has 7 heteroatoms. The fourth-order valence-corrected chi connectivity index (χ4v) is 4.31. The van der Waals surface area contributed by atoms with Crippen LogP contribution in [0.2, 0.25) is 0 Å². The molecule has 2 unspecified atom stereocenters. The molecule has 1 saturated heterocycles. The van der Waals surface area contributed by atoms with Crippen LogP contribution in [0.25, 0.3) is 0 Å². The minimum Gasteiger partial charge on any atom is -0.469 e. The van der Waals surface area contributed by atoms with E-state index in [2.05, 4.69) is 35.3 Å². The van der Waals surface area contributed by atoms with Gasteiger partial charge >= 0.3 is 5.97 Å². The van der Waals surface area contributed by atoms with Crippen molar-refractivity contribution < 1.29 is 14.3 Å². The molecule has 30 heavy (non-hydrogen) atoms. The number of nitrogens with one attached hydrogen (secondary N) is 1. The van der Waals surface area contributed by atoms with E-state index in [1.165, 1.54) is 18.2 Å². The number of fused-ring (bicyclic) bond motifs is 1. The Hall–Kier alpha value is -2.57. The van der Waals surface area contributed by atoms with Gasteiger partial charge in [-0.25, -0.2) is 0 Å². The summed E-state index contributed by atoms with van der Waals surface area (Å²) in [5, 5.41) is 3.31. The van der Waals surface area contributed by atoms with Gasteiger partial charge in [-0.05, 0) is 36.8 Å². The summed E-state index contributed by atoms with van der Waals surface area (Å²) in [7, 11) is 1.44. The molecule has 1 N–H and O–H groups in total.